The molecule has 1 aromatic rings. The third-order valence-electron chi connectivity index (χ3n) is 3.54. The molecule has 1 aliphatic carbocycles. The molecule has 1 aromatic carbocycles. The highest BCUT2D eigenvalue weighted by Gasteiger charge is 2.22. The first-order chi connectivity index (χ1) is 8.31. The first kappa shape index (κ1) is 12.8. The molecule has 2 rings (SSSR count). The fourth-order valence-electron chi connectivity index (χ4n) is 2.61. The number of benzene rings is 1. The summed E-state index contributed by atoms with van der Waals surface area (Å²) in [6.07, 6.45) is 5.04. The van der Waals surface area contributed by atoms with Crippen molar-refractivity contribution in [1.82, 2.24) is 4.90 Å². The third kappa shape index (κ3) is 3.43. The van der Waals surface area contributed by atoms with Gasteiger partial charge in [0, 0.05) is 30.6 Å². The molecule has 0 N–H and O–H groups in total. The van der Waals surface area contributed by atoms with Crippen molar-refractivity contribution in [3.05, 3.63) is 35.6 Å². The van der Waals surface area contributed by atoms with Crippen LogP contribution >= 0.6 is 11.6 Å². The molecule has 0 aliphatic heterocycles. The van der Waals surface area contributed by atoms with Crippen molar-refractivity contribution in [2.24, 2.45) is 0 Å². The zero-order valence-electron chi connectivity index (χ0n) is 10.0. The second-order valence-corrected chi connectivity index (χ2v) is 5.07. The summed E-state index contributed by atoms with van der Waals surface area (Å²) < 4.78 is 13.6. The molecule has 0 unspecified atom stereocenters. The van der Waals surface area contributed by atoms with E-state index in [1.807, 2.05) is 12.1 Å². The van der Waals surface area contributed by atoms with Crippen molar-refractivity contribution in [3.63, 3.8) is 0 Å². The predicted octanol–water partition coefficient (Wildman–Crippen LogP) is 3.81. The molecule has 1 nitrogen and oxygen atoms in total. The van der Waals surface area contributed by atoms with Crippen molar-refractivity contribution in [2.75, 3.05) is 12.4 Å². The highest BCUT2D eigenvalue weighted by molar-refractivity contribution is 6.18. The fourth-order valence-corrected chi connectivity index (χ4v) is 2.83. The summed E-state index contributed by atoms with van der Waals surface area (Å²) in [5, 5.41) is 0. The van der Waals surface area contributed by atoms with Gasteiger partial charge in [0.1, 0.15) is 5.82 Å². The Morgan fingerprint density at radius 2 is 1.94 bits per heavy atom. The van der Waals surface area contributed by atoms with E-state index in [1.165, 1.54) is 31.7 Å². The van der Waals surface area contributed by atoms with Crippen LogP contribution in [0.4, 0.5) is 4.39 Å². The maximum Gasteiger partial charge on any atom is 0.127 e. The van der Waals surface area contributed by atoms with E-state index in [0.29, 0.717) is 18.5 Å². The smallest absolute Gasteiger partial charge is 0.127 e. The lowest BCUT2D eigenvalue weighted by Crippen LogP contribution is -2.34. The second-order valence-electron chi connectivity index (χ2n) is 4.69. The Bertz CT molecular complexity index is 350. The van der Waals surface area contributed by atoms with E-state index in [9.17, 15) is 4.39 Å². The summed E-state index contributed by atoms with van der Waals surface area (Å²) in [4.78, 5) is 2.33. The lowest BCUT2D eigenvalue weighted by molar-refractivity contribution is 0.199. The van der Waals surface area contributed by atoms with Gasteiger partial charge in [0.15, 0.2) is 0 Å². The number of hydrogen-bond acceptors (Lipinski definition) is 1. The molecule has 17 heavy (non-hydrogen) atoms. The minimum Gasteiger partial charge on any atom is -0.295 e. The summed E-state index contributed by atoms with van der Waals surface area (Å²) in [5.41, 5.74) is 0.782. The summed E-state index contributed by atoms with van der Waals surface area (Å²) in [5.74, 6) is 0.510. The molecule has 0 spiro atoms. The van der Waals surface area contributed by atoms with Crippen LogP contribution in [0.15, 0.2) is 24.3 Å². The lowest BCUT2D eigenvalue weighted by atomic mass is 10.1. The maximum atomic E-state index is 13.6. The number of alkyl halides is 1. The van der Waals surface area contributed by atoms with Gasteiger partial charge in [0.05, 0.1) is 0 Å². The quantitative estimate of drug-likeness (QED) is 0.724. The van der Waals surface area contributed by atoms with E-state index in [4.69, 9.17) is 11.6 Å². The third-order valence-corrected chi connectivity index (χ3v) is 3.71. The van der Waals surface area contributed by atoms with Gasteiger partial charge in [-0.2, -0.15) is 0 Å². The maximum absolute atomic E-state index is 13.6. The lowest BCUT2D eigenvalue weighted by Gasteiger charge is -2.28. The molecular weight excluding hydrogens is 237 g/mol. The minimum atomic E-state index is -0.106. The topological polar surface area (TPSA) is 3.24 Å². The van der Waals surface area contributed by atoms with Gasteiger partial charge in [-0.1, -0.05) is 31.0 Å². The molecule has 0 atom stereocenters. The van der Waals surface area contributed by atoms with E-state index >= 15 is 0 Å². The Morgan fingerprint density at radius 3 is 2.59 bits per heavy atom. The van der Waals surface area contributed by atoms with Gasteiger partial charge in [-0.05, 0) is 18.9 Å². The van der Waals surface area contributed by atoms with Crippen molar-refractivity contribution in [3.8, 4) is 0 Å². The normalized spacial score (nSPS) is 16.9. The van der Waals surface area contributed by atoms with E-state index in [-0.39, 0.29) is 5.82 Å². The molecule has 0 aromatic heterocycles. The van der Waals surface area contributed by atoms with E-state index in [1.54, 1.807) is 6.07 Å². The summed E-state index contributed by atoms with van der Waals surface area (Å²) >= 11 is 5.85. The largest absolute Gasteiger partial charge is 0.295 e. The SMILES string of the molecule is Fc1ccccc1CN(CCCl)C1CCCC1. The first-order valence-electron chi connectivity index (χ1n) is 6.34. The van der Waals surface area contributed by atoms with Gasteiger partial charge in [0.2, 0.25) is 0 Å². The van der Waals surface area contributed by atoms with Gasteiger partial charge >= 0.3 is 0 Å². The monoisotopic (exact) mass is 255 g/mol. The summed E-state index contributed by atoms with van der Waals surface area (Å²) in [7, 11) is 0. The molecular formula is C14H19ClFN. The Hall–Kier alpha value is -0.600. The molecule has 1 saturated carbocycles. The number of halogens is 2. The molecule has 1 fully saturated rings. The molecule has 0 heterocycles. The molecule has 0 saturated heterocycles. The predicted molar refractivity (Wildman–Crippen MR) is 69.8 cm³/mol. The Kier molecular flexibility index (Phi) is 4.81. The van der Waals surface area contributed by atoms with Crippen molar-refractivity contribution < 1.29 is 4.39 Å². The van der Waals surface area contributed by atoms with Crippen LogP contribution in [0, 0.1) is 5.82 Å². The number of hydrogen-bond donors (Lipinski definition) is 0. The van der Waals surface area contributed by atoms with Crippen LogP contribution in [-0.2, 0) is 6.54 Å². The molecule has 1 aliphatic rings. The van der Waals surface area contributed by atoms with Gasteiger partial charge in [-0.3, -0.25) is 4.90 Å². The average Bonchev–Trinajstić information content (AvgIpc) is 2.85. The van der Waals surface area contributed by atoms with E-state index in [2.05, 4.69) is 4.90 Å². The zero-order valence-corrected chi connectivity index (χ0v) is 10.8. The van der Waals surface area contributed by atoms with E-state index in [0.717, 1.165) is 12.1 Å². The fraction of sp³-hybridized carbons (Fsp3) is 0.571. The summed E-state index contributed by atoms with van der Waals surface area (Å²) in [6, 6.07) is 7.62. The van der Waals surface area contributed by atoms with Gasteiger partial charge < -0.3 is 0 Å². The van der Waals surface area contributed by atoms with Crippen molar-refractivity contribution >= 4 is 11.6 Å². The van der Waals surface area contributed by atoms with Crippen LogP contribution < -0.4 is 0 Å². The number of rotatable bonds is 5. The Morgan fingerprint density at radius 1 is 1.24 bits per heavy atom. The van der Waals surface area contributed by atoms with Crippen LogP contribution in [0.1, 0.15) is 31.2 Å². The first-order valence-corrected chi connectivity index (χ1v) is 6.88. The van der Waals surface area contributed by atoms with Gasteiger partial charge in [0.25, 0.3) is 0 Å². The summed E-state index contributed by atoms with van der Waals surface area (Å²) in [6.45, 7) is 1.53. The zero-order chi connectivity index (χ0) is 12.1. The minimum absolute atomic E-state index is 0.106. The van der Waals surface area contributed by atoms with E-state index < -0.39 is 0 Å². The highest BCUT2D eigenvalue weighted by atomic mass is 35.5. The molecule has 3 heteroatoms. The average molecular weight is 256 g/mol. The van der Waals surface area contributed by atoms with Gasteiger partial charge in [-0.25, -0.2) is 4.39 Å². The Balaban J connectivity index is 2.04. The molecule has 0 bridgehead atoms. The standard InChI is InChI=1S/C14H19ClFN/c15-9-10-17(13-6-2-3-7-13)11-12-5-1-4-8-14(12)16/h1,4-5,8,13H,2-3,6-7,9-11H2. The van der Waals surface area contributed by atoms with Crippen LogP contribution in [0.2, 0.25) is 0 Å². The molecule has 94 valence electrons. The second kappa shape index (κ2) is 6.36. The van der Waals surface area contributed by atoms with Crippen LogP contribution in [0.5, 0.6) is 0 Å². The van der Waals surface area contributed by atoms with Crippen LogP contribution in [0.3, 0.4) is 0 Å². The molecule has 0 amide bonds. The van der Waals surface area contributed by atoms with Crippen LogP contribution in [0.25, 0.3) is 0 Å². The number of nitrogens with zero attached hydrogens (tertiary/aromatic N) is 1. The highest BCUT2D eigenvalue weighted by Crippen LogP contribution is 2.25. The van der Waals surface area contributed by atoms with Crippen LogP contribution in [-0.4, -0.2) is 23.4 Å². The van der Waals surface area contributed by atoms with Crippen molar-refractivity contribution in [2.45, 2.75) is 38.3 Å². The molecule has 0 radical (unpaired) electrons. The van der Waals surface area contributed by atoms with Crippen molar-refractivity contribution in [1.29, 1.82) is 0 Å². The van der Waals surface area contributed by atoms with Gasteiger partial charge in [-0.15, -0.1) is 11.6 Å². The Labute approximate surface area is 108 Å².